The van der Waals surface area contributed by atoms with Gasteiger partial charge in [0.15, 0.2) is 0 Å². The van der Waals surface area contributed by atoms with Gasteiger partial charge in [-0.2, -0.15) is 0 Å². The number of rotatable bonds is 2. The molecule has 0 saturated heterocycles. The van der Waals surface area contributed by atoms with Gasteiger partial charge in [-0.15, -0.1) is 0 Å². The SMILES string of the molecule is C=C(C)C(=O)OCC.CC(=N)N. The maximum Gasteiger partial charge on any atom is 0.333 e. The molecule has 70 valence electrons. The molecule has 12 heavy (non-hydrogen) atoms. The van der Waals surface area contributed by atoms with E-state index in [9.17, 15) is 4.79 Å². The molecule has 0 fully saturated rings. The first-order valence-electron chi connectivity index (χ1n) is 3.55. The monoisotopic (exact) mass is 172 g/mol. The largest absolute Gasteiger partial charge is 0.463 e. The summed E-state index contributed by atoms with van der Waals surface area (Å²) in [5, 5.41) is 6.28. The zero-order valence-electron chi connectivity index (χ0n) is 7.81. The first-order chi connectivity index (χ1) is 5.41. The van der Waals surface area contributed by atoms with Gasteiger partial charge in [-0.25, -0.2) is 4.79 Å². The lowest BCUT2D eigenvalue weighted by molar-refractivity contribution is -0.138. The molecule has 0 atom stereocenters. The van der Waals surface area contributed by atoms with Gasteiger partial charge >= 0.3 is 5.97 Å². The number of ether oxygens (including phenoxy) is 1. The van der Waals surface area contributed by atoms with E-state index >= 15 is 0 Å². The van der Waals surface area contributed by atoms with Gasteiger partial charge in [0, 0.05) is 5.57 Å². The second-order valence-corrected chi connectivity index (χ2v) is 2.18. The highest BCUT2D eigenvalue weighted by molar-refractivity contribution is 5.86. The summed E-state index contributed by atoms with van der Waals surface area (Å²) in [4.78, 5) is 10.4. The van der Waals surface area contributed by atoms with Crippen molar-refractivity contribution in [3.8, 4) is 0 Å². The van der Waals surface area contributed by atoms with Crippen molar-refractivity contribution in [3.05, 3.63) is 12.2 Å². The minimum atomic E-state index is -0.312. The molecule has 4 nitrogen and oxygen atoms in total. The Morgan fingerprint density at radius 1 is 1.58 bits per heavy atom. The third-order valence-corrected chi connectivity index (χ3v) is 0.624. The minimum absolute atomic E-state index is 0.167. The predicted molar refractivity (Wildman–Crippen MR) is 49.0 cm³/mol. The van der Waals surface area contributed by atoms with Crippen LogP contribution in [0.1, 0.15) is 20.8 Å². The van der Waals surface area contributed by atoms with Crippen molar-refractivity contribution in [2.75, 3.05) is 6.61 Å². The lowest BCUT2D eigenvalue weighted by Gasteiger charge is -1.96. The molecule has 3 N–H and O–H groups in total. The van der Waals surface area contributed by atoms with Crippen molar-refractivity contribution in [2.24, 2.45) is 5.73 Å². The quantitative estimate of drug-likeness (QED) is 0.283. The summed E-state index contributed by atoms with van der Waals surface area (Å²) in [5.74, 6) is -0.146. The van der Waals surface area contributed by atoms with Crippen molar-refractivity contribution in [1.29, 1.82) is 5.41 Å². The second kappa shape index (κ2) is 7.78. The Labute approximate surface area is 72.9 Å². The van der Waals surface area contributed by atoms with Crippen LogP contribution in [0.25, 0.3) is 0 Å². The molecule has 0 aromatic heterocycles. The first-order valence-corrected chi connectivity index (χ1v) is 3.55. The van der Waals surface area contributed by atoms with E-state index in [1.54, 1.807) is 13.8 Å². The highest BCUT2D eigenvalue weighted by Crippen LogP contribution is 1.89. The molecule has 0 unspecified atom stereocenters. The van der Waals surface area contributed by atoms with E-state index < -0.39 is 0 Å². The number of esters is 1. The van der Waals surface area contributed by atoms with Gasteiger partial charge in [0.2, 0.25) is 0 Å². The zero-order valence-corrected chi connectivity index (χ0v) is 7.81. The maximum atomic E-state index is 10.4. The number of carbonyl (C=O) groups excluding carboxylic acids is 1. The topological polar surface area (TPSA) is 76.2 Å². The van der Waals surface area contributed by atoms with E-state index in [4.69, 9.17) is 11.1 Å². The van der Waals surface area contributed by atoms with Crippen LogP contribution in [-0.2, 0) is 9.53 Å². The summed E-state index contributed by atoms with van der Waals surface area (Å²) in [6, 6.07) is 0. The van der Waals surface area contributed by atoms with E-state index in [-0.39, 0.29) is 11.8 Å². The summed E-state index contributed by atoms with van der Waals surface area (Å²) < 4.78 is 4.56. The molecule has 0 aromatic rings. The molecule has 0 aliphatic heterocycles. The molecule has 0 aromatic carbocycles. The van der Waals surface area contributed by atoms with E-state index in [2.05, 4.69) is 11.3 Å². The Hall–Kier alpha value is -1.32. The van der Waals surface area contributed by atoms with Crippen LogP contribution in [0.3, 0.4) is 0 Å². The number of hydrogen-bond acceptors (Lipinski definition) is 3. The van der Waals surface area contributed by atoms with Crippen molar-refractivity contribution >= 4 is 11.8 Å². The fourth-order valence-corrected chi connectivity index (χ4v) is 0.254. The number of nitrogens with two attached hydrogens (primary N) is 1. The van der Waals surface area contributed by atoms with Crippen LogP contribution in [0.4, 0.5) is 0 Å². The van der Waals surface area contributed by atoms with Gasteiger partial charge in [-0.05, 0) is 20.8 Å². The molecule has 0 saturated carbocycles. The van der Waals surface area contributed by atoms with Crippen LogP contribution in [0.5, 0.6) is 0 Å². The highest BCUT2D eigenvalue weighted by atomic mass is 16.5. The van der Waals surface area contributed by atoms with Crippen molar-refractivity contribution in [2.45, 2.75) is 20.8 Å². The number of carbonyl (C=O) groups is 1. The molecule has 0 bridgehead atoms. The second-order valence-electron chi connectivity index (χ2n) is 2.18. The summed E-state index contributed by atoms with van der Waals surface area (Å²) in [6.07, 6.45) is 0. The normalized spacial score (nSPS) is 7.58. The molecular formula is C8H16N2O2. The molecule has 0 spiro atoms. The number of hydrogen-bond donors (Lipinski definition) is 2. The maximum absolute atomic E-state index is 10.4. The van der Waals surface area contributed by atoms with E-state index in [0.717, 1.165) is 0 Å². The Bertz CT molecular complexity index is 172. The molecular weight excluding hydrogens is 156 g/mol. The van der Waals surface area contributed by atoms with Crippen LogP contribution in [0.2, 0.25) is 0 Å². The van der Waals surface area contributed by atoms with Gasteiger partial charge < -0.3 is 10.5 Å². The third kappa shape index (κ3) is 15.9. The van der Waals surface area contributed by atoms with Gasteiger partial charge in [0.05, 0.1) is 12.4 Å². The number of nitrogens with one attached hydrogen (secondary N) is 1. The van der Waals surface area contributed by atoms with E-state index in [0.29, 0.717) is 12.2 Å². The summed E-state index contributed by atoms with van der Waals surface area (Å²) in [7, 11) is 0. The number of amidine groups is 1. The lowest BCUT2D eigenvalue weighted by atomic mass is 10.4. The molecule has 0 rings (SSSR count). The highest BCUT2D eigenvalue weighted by Gasteiger charge is 1.98. The third-order valence-electron chi connectivity index (χ3n) is 0.624. The molecule has 0 amide bonds. The Kier molecular flexibility index (Phi) is 8.62. The van der Waals surface area contributed by atoms with Crippen LogP contribution < -0.4 is 5.73 Å². The lowest BCUT2D eigenvalue weighted by Crippen LogP contribution is -2.03. The fourth-order valence-electron chi connectivity index (χ4n) is 0.254. The average molecular weight is 172 g/mol. The molecule has 0 aliphatic rings. The van der Waals surface area contributed by atoms with Gasteiger partial charge in [-0.1, -0.05) is 6.58 Å². The van der Waals surface area contributed by atoms with Gasteiger partial charge in [0.1, 0.15) is 0 Å². The molecule has 0 aliphatic carbocycles. The first kappa shape index (κ1) is 13.3. The molecule has 4 heteroatoms. The van der Waals surface area contributed by atoms with E-state index in [1.165, 1.54) is 6.92 Å². The Morgan fingerprint density at radius 2 is 1.92 bits per heavy atom. The van der Waals surface area contributed by atoms with Crippen molar-refractivity contribution in [3.63, 3.8) is 0 Å². The van der Waals surface area contributed by atoms with Crippen LogP contribution in [-0.4, -0.2) is 18.4 Å². The van der Waals surface area contributed by atoms with Crippen molar-refractivity contribution in [1.82, 2.24) is 0 Å². The van der Waals surface area contributed by atoms with E-state index in [1.807, 2.05) is 0 Å². The fraction of sp³-hybridized carbons (Fsp3) is 0.500. The standard InChI is InChI=1S/C6H10O2.C2H6N2/c1-4-8-6(7)5(2)3;1-2(3)4/h2,4H2,1,3H3;1H3,(H3,3,4). The Balaban J connectivity index is 0. The molecule has 0 heterocycles. The summed E-state index contributed by atoms with van der Waals surface area (Å²) >= 11 is 0. The van der Waals surface area contributed by atoms with Gasteiger partial charge in [-0.3, -0.25) is 5.41 Å². The van der Waals surface area contributed by atoms with Crippen LogP contribution in [0.15, 0.2) is 12.2 Å². The summed E-state index contributed by atoms with van der Waals surface area (Å²) in [6.45, 7) is 8.74. The van der Waals surface area contributed by atoms with Crippen LogP contribution in [0, 0.1) is 5.41 Å². The smallest absolute Gasteiger partial charge is 0.333 e. The predicted octanol–water partition coefficient (Wildman–Crippen LogP) is 1.07. The minimum Gasteiger partial charge on any atom is -0.463 e. The zero-order chi connectivity index (χ0) is 10.1. The summed E-state index contributed by atoms with van der Waals surface area (Å²) in [5.41, 5.74) is 5.15. The van der Waals surface area contributed by atoms with Gasteiger partial charge in [0.25, 0.3) is 0 Å². The average Bonchev–Trinajstić information content (AvgIpc) is 1.86. The Morgan fingerprint density at radius 3 is 2.00 bits per heavy atom. The van der Waals surface area contributed by atoms with Crippen molar-refractivity contribution < 1.29 is 9.53 Å². The molecule has 0 radical (unpaired) electrons. The van der Waals surface area contributed by atoms with Crippen LogP contribution >= 0.6 is 0 Å².